The third-order valence-corrected chi connectivity index (χ3v) is 2.73. The minimum absolute atomic E-state index is 0.0423. The number of nitrogens with one attached hydrogen (secondary N) is 1. The maximum atomic E-state index is 10.7. The molecular formula is C12H20N4O2. The molecule has 0 radical (unpaired) electrons. The van der Waals surface area contributed by atoms with Crippen molar-refractivity contribution in [2.24, 2.45) is 0 Å². The van der Waals surface area contributed by atoms with Gasteiger partial charge in [0.05, 0.1) is 12.4 Å². The van der Waals surface area contributed by atoms with E-state index >= 15 is 0 Å². The van der Waals surface area contributed by atoms with E-state index in [0.29, 0.717) is 11.9 Å². The van der Waals surface area contributed by atoms with Gasteiger partial charge in [0.15, 0.2) is 5.69 Å². The lowest BCUT2D eigenvalue weighted by molar-refractivity contribution is 0.0690. The number of hydrogen-bond acceptors (Lipinski definition) is 5. The third kappa shape index (κ3) is 4.67. The highest BCUT2D eigenvalue weighted by atomic mass is 16.4. The second-order valence-corrected chi connectivity index (χ2v) is 4.45. The van der Waals surface area contributed by atoms with Gasteiger partial charge in [0.2, 0.25) is 0 Å². The Morgan fingerprint density at radius 2 is 2.22 bits per heavy atom. The Morgan fingerprint density at radius 3 is 2.83 bits per heavy atom. The van der Waals surface area contributed by atoms with E-state index in [0.717, 1.165) is 19.5 Å². The SMILES string of the molecule is CC(C)N(C)CCCNc1cncc(C(=O)O)n1. The van der Waals surface area contributed by atoms with Crippen LogP contribution in [-0.2, 0) is 0 Å². The fourth-order valence-electron chi connectivity index (χ4n) is 1.36. The molecule has 0 aliphatic rings. The minimum atomic E-state index is -1.06. The molecule has 6 heteroatoms. The van der Waals surface area contributed by atoms with Crippen molar-refractivity contribution in [1.29, 1.82) is 0 Å². The maximum Gasteiger partial charge on any atom is 0.356 e. The summed E-state index contributed by atoms with van der Waals surface area (Å²) in [7, 11) is 2.08. The molecule has 0 amide bonds. The van der Waals surface area contributed by atoms with Crippen LogP contribution in [0.25, 0.3) is 0 Å². The van der Waals surface area contributed by atoms with Gasteiger partial charge < -0.3 is 15.3 Å². The molecule has 100 valence electrons. The lowest BCUT2D eigenvalue weighted by atomic mass is 10.3. The van der Waals surface area contributed by atoms with Crippen LogP contribution >= 0.6 is 0 Å². The van der Waals surface area contributed by atoms with E-state index in [1.165, 1.54) is 12.4 Å². The molecule has 0 aromatic carbocycles. The van der Waals surface area contributed by atoms with Crippen LogP contribution in [0.3, 0.4) is 0 Å². The lowest BCUT2D eigenvalue weighted by Crippen LogP contribution is -2.28. The van der Waals surface area contributed by atoms with Gasteiger partial charge >= 0.3 is 5.97 Å². The van der Waals surface area contributed by atoms with E-state index in [1.807, 2.05) is 0 Å². The van der Waals surface area contributed by atoms with Crippen molar-refractivity contribution in [3.8, 4) is 0 Å². The molecule has 0 bridgehead atoms. The van der Waals surface area contributed by atoms with Gasteiger partial charge in [-0.1, -0.05) is 0 Å². The van der Waals surface area contributed by atoms with Crippen molar-refractivity contribution in [2.45, 2.75) is 26.3 Å². The minimum Gasteiger partial charge on any atom is -0.476 e. The van der Waals surface area contributed by atoms with Gasteiger partial charge in [-0.3, -0.25) is 4.98 Å². The number of carboxylic acid groups (broad SMARTS) is 1. The molecule has 0 saturated heterocycles. The number of carboxylic acids is 1. The topological polar surface area (TPSA) is 78.4 Å². The Balaban J connectivity index is 2.35. The molecule has 0 atom stereocenters. The van der Waals surface area contributed by atoms with Gasteiger partial charge in [0.1, 0.15) is 5.82 Å². The third-order valence-electron chi connectivity index (χ3n) is 2.73. The van der Waals surface area contributed by atoms with Crippen molar-refractivity contribution < 1.29 is 9.90 Å². The summed E-state index contributed by atoms with van der Waals surface area (Å²) >= 11 is 0. The van der Waals surface area contributed by atoms with E-state index in [1.54, 1.807) is 0 Å². The lowest BCUT2D eigenvalue weighted by Gasteiger charge is -2.20. The number of hydrogen-bond donors (Lipinski definition) is 2. The van der Waals surface area contributed by atoms with Crippen LogP contribution in [0.15, 0.2) is 12.4 Å². The van der Waals surface area contributed by atoms with Crippen molar-refractivity contribution in [3.05, 3.63) is 18.1 Å². The van der Waals surface area contributed by atoms with Crippen molar-refractivity contribution in [1.82, 2.24) is 14.9 Å². The average Bonchev–Trinajstić information content (AvgIpc) is 2.34. The molecule has 1 aromatic heterocycles. The van der Waals surface area contributed by atoms with Crippen LogP contribution in [0.5, 0.6) is 0 Å². The average molecular weight is 252 g/mol. The Kier molecular flexibility index (Phi) is 5.51. The molecule has 0 saturated carbocycles. The van der Waals surface area contributed by atoms with Crippen molar-refractivity contribution in [2.75, 3.05) is 25.5 Å². The zero-order valence-electron chi connectivity index (χ0n) is 11.1. The maximum absolute atomic E-state index is 10.7. The summed E-state index contributed by atoms with van der Waals surface area (Å²) in [5, 5.41) is 11.8. The molecular weight excluding hydrogens is 232 g/mol. The van der Waals surface area contributed by atoms with Gasteiger partial charge in [-0.05, 0) is 33.9 Å². The summed E-state index contributed by atoms with van der Waals surface area (Å²) < 4.78 is 0. The molecule has 0 spiro atoms. The smallest absolute Gasteiger partial charge is 0.356 e. The molecule has 18 heavy (non-hydrogen) atoms. The number of carbonyl (C=O) groups is 1. The quantitative estimate of drug-likeness (QED) is 0.712. The summed E-state index contributed by atoms with van der Waals surface area (Å²) in [5.41, 5.74) is -0.0423. The molecule has 2 N–H and O–H groups in total. The van der Waals surface area contributed by atoms with E-state index in [9.17, 15) is 4.79 Å². The van der Waals surface area contributed by atoms with E-state index in [-0.39, 0.29) is 5.69 Å². The number of aromatic carboxylic acids is 1. The first kappa shape index (κ1) is 14.4. The highest BCUT2D eigenvalue weighted by Crippen LogP contribution is 2.02. The van der Waals surface area contributed by atoms with Crippen LogP contribution < -0.4 is 5.32 Å². The van der Waals surface area contributed by atoms with Gasteiger partial charge in [0.25, 0.3) is 0 Å². The molecule has 1 heterocycles. The molecule has 0 aliphatic heterocycles. The highest BCUT2D eigenvalue weighted by Gasteiger charge is 2.06. The van der Waals surface area contributed by atoms with Crippen molar-refractivity contribution in [3.63, 3.8) is 0 Å². The number of anilines is 1. The van der Waals surface area contributed by atoms with E-state index in [2.05, 4.69) is 41.1 Å². The second kappa shape index (κ2) is 6.90. The molecule has 6 nitrogen and oxygen atoms in total. The molecule has 0 unspecified atom stereocenters. The summed E-state index contributed by atoms with van der Waals surface area (Å²) in [6.07, 6.45) is 3.73. The van der Waals surface area contributed by atoms with Crippen LogP contribution in [0.4, 0.5) is 5.82 Å². The summed E-state index contributed by atoms with van der Waals surface area (Å²) in [4.78, 5) is 20.7. The van der Waals surface area contributed by atoms with E-state index < -0.39 is 5.97 Å². The number of nitrogens with zero attached hydrogens (tertiary/aromatic N) is 3. The van der Waals surface area contributed by atoms with E-state index in [4.69, 9.17) is 5.11 Å². The van der Waals surface area contributed by atoms with Gasteiger partial charge in [-0.15, -0.1) is 0 Å². The van der Waals surface area contributed by atoms with Gasteiger partial charge in [-0.2, -0.15) is 0 Å². The first-order valence-electron chi connectivity index (χ1n) is 6.00. The van der Waals surface area contributed by atoms with Crippen LogP contribution in [-0.4, -0.2) is 52.1 Å². The Morgan fingerprint density at radius 1 is 1.50 bits per heavy atom. The normalized spacial score (nSPS) is 10.9. The summed E-state index contributed by atoms with van der Waals surface area (Å²) in [5.74, 6) is -0.562. The Hall–Kier alpha value is -1.69. The van der Waals surface area contributed by atoms with Crippen LogP contribution in [0.2, 0.25) is 0 Å². The van der Waals surface area contributed by atoms with Crippen LogP contribution in [0, 0.1) is 0 Å². The Labute approximate surface area is 107 Å². The van der Waals surface area contributed by atoms with Gasteiger partial charge in [0, 0.05) is 12.6 Å². The largest absolute Gasteiger partial charge is 0.476 e. The molecule has 0 aliphatic carbocycles. The summed E-state index contributed by atoms with van der Waals surface area (Å²) in [6.45, 7) is 6.02. The first-order chi connectivity index (χ1) is 8.50. The molecule has 0 fully saturated rings. The predicted octanol–water partition coefficient (Wildman–Crippen LogP) is 1.32. The second-order valence-electron chi connectivity index (χ2n) is 4.45. The monoisotopic (exact) mass is 252 g/mol. The fraction of sp³-hybridized carbons (Fsp3) is 0.583. The molecule has 1 rings (SSSR count). The molecule has 1 aromatic rings. The predicted molar refractivity (Wildman–Crippen MR) is 69.9 cm³/mol. The highest BCUT2D eigenvalue weighted by molar-refractivity contribution is 5.85. The Bertz CT molecular complexity index is 395. The zero-order valence-corrected chi connectivity index (χ0v) is 11.1. The first-order valence-corrected chi connectivity index (χ1v) is 6.00. The van der Waals surface area contributed by atoms with Crippen LogP contribution in [0.1, 0.15) is 30.8 Å². The zero-order chi connectivity index (χ0) is 13.5. The van der Waals surface area contributed by atoms with Crippen molar-refractivity contribution >= 4 is 11.8 Å². The fourth-order valence-corrected chi connectivity index (χ4v) is 1.36. The van der Waals surface area contributed by atoms with Gasteiger partial charge in [-0.25, -0.2) is 9.78 Å². The number of aromatic nitrogens is 2. The number of rotatable bonds is 7. The summed E-state index contributed by atoms with van der Waals surface area (Å²) in [6, 6.07) is 0.528. The standard InChI is InChI=1S/C12H20N4O2/c1-9(2)16(3)6-4-5-14-11-8-13-7-10(15-11)12(17)18/h7-9H,4-6H2,1-3H3,(H,14,15)(H,17,18).